The topological polar surface area (TPSA) is 54.9 Å². The van der Waals surface area contributed by atoms with Crippen molar-refractivity contribution in [3.05, 3.63) is 107 Å². The van der Waals surface area contributed by atoms with Gasteiger partial charge in [0.2, 0.25) is 0 Å². The lowest BCUT2D eigenvalue weighted by Gasteiger charge is -2.23. The van der Waals surface area contributed by atoms with Gasteiger partial charge in [0.15, 0.2) is 0 Å². The molecule has 0 aliphatic rings. The molecule has 1 aromatic carbocycles. The Morgan fingerprint density at radius 1 is 0.806 bits per heavy atom. The number of fused-ring (bicyclic) bond motifs is 2. The van der Waals surface area contributed by atoms with Crippen molar-refractivity contribution >= 4 is 17.2 Å². The maximum Gasteiger partial charge on any atom is 0.254 e. The Hall–Kier alpha value is -3.93. The standard InChI is InChI=1S/C25H23N5O/c1-18-9-10-20(13-19(18)2)25(31)28(16-21-14-26-23-7-3-5-11-29(21)23)17-22-15-27-24-8-4-6-12-30(22)24/h3-15H,16-17H2,1-2H3. The first-order chi connectivity index (χ1) is 15.1. The van der Waals surface area contributed by atoms with E-state index in [-0.39, 0.29) is 5.91 Å². The second-order valence-electron chi connectivity index (χ2n) is 7.82. The minimum Gasteiger partial charge on any atom is -0.327 e. The Labute approximate surface area is 180 Å². The van der Waals surface area contributed by atoms with E-state index in [9.17, 15) is 4.79 Å². The zero-order valence-electron chi connectivity index (χ0n) is 17.6. The highest BCUT2D eigenvalue weighted by Gasteiger charge is 2.20. The molecule has 0 fully saturated rings. The molecule has 154 valence electrons. The zero-order chi connectivity index (χ0) is 21.4. The summed E-state index contributed by atoms with van der Waals surface area (Å²) in [5, 5.41) is 0. The number of hydrogen-bond acceptors (Lipinski definition) is 3. The Bertz CT molecular complexity index is 1320. The third-order valence-corrected chi connectivity index (χ3v) is 5.73. The molecule has 0 saturated carbocycles. The minimum absolute atomic E-state index is 0.0140. The summed E-state index contributed by atoms with van der Waals surface area (Å²) < 4.78 is 4.05. The predicted octanol–water partition coefficient (Wildman–Crippen LogP) is 4.44. The highest BCUT2D eigenvalue weighted by Crippen LogP contribution is 2.18. The van der Waals surface area contributed by atoms with Crippen LogP contribution in [0.4, 0.5) is 0 Å². The highest BCUT2D eigenvalue weighted by molar-refractivity contribution is 5.94. The first kappa shape index (κ1) is 19.1. The zero-order valence-corrected chi connectivity index (χ0v) is 17.6. The molecule has 5 aromatic rings. The lowest BCUT2D eigenvalue weighted by molar-refractivity contribution is 0.0725. The molecule has 0 aliphatic heterocycles. The fourth-order valence-corrected chi connectivity index (χ4v) is 3.85. The SMILES string of the molecule is Cc1ccc(C(=O)N(Cc2cnc3ccccn23)Cc2cnc3ccccn23)cc1C. The second kappa shape index (κ2) is 7.72. The Morgan fingerprint density at radius 3 is 1.94 bits per heavy atom. The maximum atomic E-state index is 13.6. The van der Waals surface area contributed by atoms with Crippen LogP contribution in [-0.2, 0) is 13.1 Å². The average Bonchev–Trinajstić information content (AvgIpc) is 3.39. The lowest BCUT2D eigenvalue weighted by Crippen LogP contribution is -2.31. The smallest absolute Gasteiger partial charge is 0.254 e. The monoisotopic (exact) mass is 409 g/mol. The molecule has 0 bridgehead atoms. The molecule has 1 amide bonds. The Balaban J connectivity index is 1.54. The van der Waals surface area contributed by atoms with Crippen molar-refractivity contribution in [1.82, 2.24) is 23.7 Å². The van der Waals surface area contributed by atoms with E-state index in [1.807, 2.05) is 100 Å². The quantitative estimate of drug-likeness (QED) is 0.431. The number of imidazole rings is 2. The summed E-state index contributed by atoms with van der Waals surface area (Å²) in [6.45, 7) is 4.97. The number of nitrogens with zero attached hydrogens (tertiary/aromatic N) is 5. The highest BCUT2D eigenvalue weighted by atomic mass is 16.2. The van der Waals surface area contributed by atoms with Crippen molar-refractivity contribution < 1.29 is 4.79 Å². The number of amides is 1. The molecule has 5 rings (SSSR count). The van der Waals surface area contributed by atoms with Gasteiger partial charge >= 0.3 is 0 Å². The van der Waals surface area contributed by atoms with Gasteiger partial charge in [-0.15, -0.1) is 0 Å². The normalized spacial score (nSPS) is 11.3. The van der Waals surface area contributed by atoms with Gasteiger partial charge in [-0.3, -0.25) is 4.79 Å². The van der Waals surface area contributed by atoms with Crippen molar-refractivity contribution in [1.29, 1.82) is 0 Å². The van der Waals surface area contributed by atoms with Gasteiger partial charge in [-0.1, -0.05) is 18.2 Å². The van der Waals surface area contributed by atoms with E-state index in [0.717, 1.165) is 28.2 Å². The van der Waals surface area contributed by atoms with Gasteiger partial charge in [0.25, 0.3) is 5.91 Å². The van der Waals surface area contributed by atoms with Crippen molar-refractivity contribution in [2.75, 3.05) is 0 Å². The fraction of sp³-hybridized carbons (Fsp3) is 0.160. The number of pyridine rings is 2. The summed E-state index contributed by atoms with van der Waals surface area (Å²) >= 11 is 0. The summed E-state index contributed by atoms with van der Waals surface area (Å²) in [7, 11) is 0. The van der Waals surface area contributed by atoms with E-state index in [4.69, 9.17) is 0 Å². The van der Waals surface area contributed by atoms with Gasteiger partial charge in [0.05, 0.1) is 36.9 Å². The van der Waals surface area contributed by atoms with Crippen molar-refractivity contribution in [2.24, 2.45) is 0 Å². The van der Waals surface area contributed by atoms with E-state index < -0.39 is 0 Å². The number of hydrogen-bond donors (Lipinski definition) is 0. The summed E-state index contributed by atoms with van der Waals surface area (Å²) in [5.41, 5.74) is 6.62. The molecule has 4 heterocycles. The number of carbonyl (C=O) groups excluding carboxylic acids is 1. The largest absolute Gasteiger partial charge is 0.327 e. The summed E-state index contributed by atoms with van der Waals surface area (Å²) in [6.07, 6.45) is 7.63. The molecule has 0 N–H and O–H groups in total. The predicted molar refractivity (Wildman–Crippen MR) is 120 cm³/mol. The van der Waals surface area contributed by atoms with Crippen LogP contribution in [0.25, 0.3) is 11.3 Å². The summed E-state index contributed by atoms with van der Waals surface area (Å²) in [4.78, 5) is 24.4. The van der Waals surface area contributed by atoms with Crippen molar-refractivity contribution in [2.45, 2.75) is 26.9 Å². The van der Waals surface area contributed by atoms with Gasteiger partial charge in [-0.25, -0.2) is 9.97 Å². The van der Waals surface area contributed by atoms with Gasteiger partial charge in [-0.05, 0) is 61.4 Å². The molecule has 0 unspecified atom stereocenters. The number of benzene rings is 1. The van der Waals surface area contributed by atoms with E-state index in [1.54, 1.807) is 0 Å². The third-order valence-electron chi connectivity index (χ3n) is 5.73. The Morgan fingerprint density at radius 2 is 1.39 bits per heavy atom. The van der Waals surface area contributed by atoms with Gasteiger partial charge in [-0.2, -0.15) is 0 Å². The minimum atomic E-state index is -0.0140. The van der Waals surface area contributed by atoms with E-state index in [2.05, 4.69) is 16.9 Å². The van der Waals surface area contributed by atoms with Crippen LogP contribution in [0.2, 0.25) is 0 Å². The maximum absolute atomic E-state index is 13.6. The molecule has 0 spiro atoms. The lowest BCUT2D eigenvalue weighted by atomic mass is 10.1. The van der Waals surface area contributed by atoms with E-state index >= 15 is 0 Å². The van der Waals surface area contributed by atoms with Gasteiger partial charge < -0.3 is 13.7 Å². The molecule has 0 aliphatic carbocycles. The molecular weight excluding hydrogens is 386 g/mol. The first-order valence-electron chi connectivity index (χ1n) is 10.3. The average molecular weight is 409 g/mol. The van der Waals surface area contributed by atoms with Gasteiger partial charge in [0.1, 0.15) is 11.3 Å². The van der Waals surface area contributed by atoms with Gasteiger partial charge in [0, 0.05) is 18.0 Å². The van der Waals surface area contributed by atoms with Crippen molar-refractivity contribution in [3.63, 3.8) is 0 Å². The van der Waals surface area contributed by atoms with Crippen LogP contribution in [0.15, 0.2) is 79.4 Å². The molecular formula is C25H23N5O. The molecule has 0 saturated heterocycles. The third kappa shape index (κ3) is 3.57. The van der Waals surface area contributed by atoms with Crippen LogP contribution in [0.3, 0.4) is 0 Å². The number of rotatable bonds is 5. The van der Waals surface area contributed by atoms with E-state index in [1.165, 1.54) is 5.56 Å². The molecule has 0 atom stereocenters. The van der Waals surface area contributed by atoms with Crippen LogP contribution >= 0.6 is 0 Å². The Kier molecular flexibility index (Phi) is 4.75. The van der Waals surface area contributed by atoms with Crippen LogP contribution in [0.5, 0.6) is 0 Å². The summed E-state index contributed by atoms with van der Waals surface area (Å²) in [6, 6.07) is 17.7. The summed E-state index contributed by atoms with van der Waals surface area (Å²) in [5.74, 6) is -0.0140. The molecule has 4 aromatic heterocycles. The van der Waals surface area contributed by atoms with Crippen LogP contribution < -0.4 is 0 Å². The molecule has 6 nitrogen and oxygen atoms in total. The van der Waals surface area contributed by atoms with Crippen LogP contribution in [0, 0.1) is 13.8 Å². The fourth-order valence-electron chi connectivity index (χ4n) is 3.85. The number of aromatic nitrogens is 4. The molecule has 6 heteroatoms. The first-order valence-corrected chi connectivity index (χ1v) is 10.3. The van der Waals surface area contributed by atoms with Crippen LogP contribution in [-0.4, -0.2) is 29.6 Å². The molecule has 0 radical (unpaired) electrons. The molecule has 31 heavy (non-hydrogen) atoms. The number of carbonyl (C=O) groups is 1. The van der Waals surface area contributed by atoms with Crippen molar-refractivity contribution in [3.8, 4) is 0 Å². The van der Waals surface area contributed by atoms with Crippen LogP contribution in [0.1, 0.15) is 32.9 Å². The van der Waals surface area contributed by atoms with E-state index in [0.29, 0.717) is 18.7 Å². The second-order valence-corrected chi connectivity index (χ2v) is 7.82. The number of aryl methyl sites for hydroxylation is 2.